The summed E-state index contributed by atoms with van der Waals surface area (Å²) in [7, 11) is 0. The van der Waals surface area contributed by atoms with Crippen molar-refractivity contribution in [3.8, 4) is 5.75 Å². The lowest BCUT2D eigenvalue weighted by Crippen LogP contribution is -2.25. The van der Waals surface area contributed by atoms with Gasteiger partial charge in [0, 0.05) is 0 Å². The van der Waals surface area contributed by atoms with Crippen molar-refractivity contribution in [2.45, 2.75) is 58.3 Å². The Hall–Kier alpha value is -1.92. The molecule has 0 aromatic heterocycles. The Bertz CT molecular complexity index is 593. The highest BCUT2D eigenvalue weighted by atomic mass is 16.7. The average molecular weight is 364 g/mol. The van der Waals surface area contributed by atoms with E-state index in [0.717, 1.165) is 25.0 Å². The lowest BCUT2D eigenvalue weighted by molar-refractivity contribution is -0.145. The molecule has 144 valence electrons. The first-order chi connectivity index (χ1) is 12.3. The van der Waals surface area contributed by atoms with E-state index in [1.807, 2.05) is 38.1 Å². The van der Waals surface area contributed by atoms with E-state index in [1.54, 1.807) is 0 Å². The number of carbonyl (C=O) groups is 2. The predicted octanol–water partition coefficient (Wildman–Crippen LogP) is 3.06. The normalized spacial score (nSPS) is 18.5. The number of aryl methyl sites for hydroxylation is 1. The molecule has 1 fully saturated rings. The molecule has 1 atom stereocenters. The Balaban J connectivity index is 1.60. The second kappa shape index (κ2) is 9.69. The van der Waals surface area contributed by atoms with Crippen LogP contribution in [0.1, 0.15) is 45.6 Å². The number of unbranched alkanes of at least 4 members (excludes halogenated alkanes) is 1. The standard InChI is InChI=1S/C20H28O6/c1-15(21)12-19(22)23-11-5-4-6-16-7-9-17(10-8-16)24-13-18-14-25-20(2,3)26-18/h7-10,18H,4-6,11-14H2,1-3H3. The molecule has 0 N–H and O–H groups in total. The van der Waals surface area contributed by atoms with Crippen molar-refractivity contribution >= 4 is 11.8 Å². The predicted molar refractivity (Wildman–Crippen MR) is 96.0 cm³/mol. The molecular weight excluding hydrogens is 336 g/mol. The summed E-state index contributed by atoms with van der Waals surface area (Å²) in [5.74, 6) is -0.342. The van der Waals surface area contributed by atoms with Crippen molar-refractivity contribution in [2.24, 2.45) is 0 Å². The van der Waals surface area contributed by atoms with Crippen LogP contribution in [0.2, 0.25) is 0 Å². The summed E-state index contributed by atoms with van der Waals surface area (Å²) < 4.78 is 22.0. The summed E-state index contributed by atoms with van der Waals surface area (Å²) in [5, 5.41) is 0. The van der Waals surface area contributed by atoms with Gasteiger partial charge in [-0.1, -0.05) is 12.1 Å². The van der Waals surface area contributed by atoms with Crippen molar-refractivity contribution < 1.29 is 28.5 Å². The molecule has 0 amide bonds. The van der Waals surface area contributed by atoms with Gasteiger partial charge in [0.15, 0.2) is 5.79 Å². The molecule has 1 aromatic carbocycles. The van der Waals surface area contributed by atoms with Crippen LogP contribution in [0.4, 0.5) is 0 Å². The molecule has 1 saturated heterocycles. The van der Waals surface area contributed by atoms with Crippen LogP contribution in [0, 0.1) is 0 Å². The van der Waals surface area contributed by atoms with Gasteiger partial charge in [-0.3, -0.25) is 9.59 Å². The van der Waals surface area contributed by atoms with Gasteiger partial charge in [0.05, 0.1) is 13.2 Å². The molecule has 0 spiro atoms. The van der Waals surface area contributed by atoms with Gasteiger partial charge >= 0.3 is 5.97 Å². The fourth-order valence-electron chi connectivity index (χ4n) is 2.66. The quantitative estimate of drug-likeness (QED) is 0.361. The molecular formula is C20H28O6. The minimum Gasteiger partial charge on any atom is -0.491 e. The van der Waals surface area contributed by atoms with E-state index in [0.29, 0.717) is 19.8 Å². The maximum absolute atomic E-state index is 11.2. The van der Waals surface area contributed by atoms with Crippen LogP contribution in [0.3, 0.4) is 0 Å². The molecule has 0 aliphatic carbocycles. The zero-order chi connectivity index (χ0) is 19.0. The fraction of sp³-hybridized carbons (Fsp3) is 0.600. The molecule has 1 unspecified atom stereocenters. The van der Waals surface area contributed by atoms with Gasteiger partial charge < -0.3 is 18.9 Å². The van der Waals surface area contributed by atoms with Gasteiger partial charge in [0.1, 0.15) is 30.7 Å². The number of rotatable bonds is 10. The molecule has 0 saturated carbocycles. The maximum atomic E-state index is 11.2. The van der Waals surface area contributed by atoms with Crippen LogP contribution in [-0.4, -0.2) is 43.5 Å². The molecule has 6 nitrogen and oxygen atoms in total. The zero-order valence-electron chi connectivity index (χ0n) is 15.8. The zero-order valence-corrected chi connectivity index (χ0v) is 15.8. The number of Topliss-reactive ketones (excluding diaryl/α,β-unsaturated/α-hetero) is 1. The van der Waals surface area contributed by atoms with Gasteiger partial charge in [0.25, 0.3) is 0 Å². The molecule has 1 aromatic rings. The van der Waals surface area contributed by atoms with Gasteiger partial charge in [-0.15, -0.1) is 0 Å². The van der Waals surface area contributed by atoms with Crippen molar-refractivity contribution in [1.29, 1.82) is 0 Å². The third kappa shape index (κ3) is 7.54. The second-order valence-corrected chi connectivity index (χ2v) is 6.96. The largest absolute Gasteiger partial charge is 0.491 e. The van der Waals surface area contributed by atoms with Crippen LogP contribution in [0.25, 0.3) is 0 Å². The van der Waals surface area contributed by atoms with Crippen molar-refractivity contribution in [2.75, 3.05) is 19.8 Å². The summed E-state index contributed by atoms with van der Waals surface area (Å²) in [5.41, 5.74) is 1.20. The SMILES string of the molecule is CC(=O)CC(=O)OCCCCc1ccc(OCC2COC(C)(C)O2)cc1. The molecule has 1 aliphatic heterocycles. The van der Waals surface area contributed by atoms with E-state index in [9.17, 15) is 9.59 Å². The number of ether oxygens (including phenoxy) is 4. The van der Waals surface area contributed by atoms with E-state index >= 15 is 0 Å². The van der Waals surface area contributed by atoms with Gasteiger partial charge in [0.2, 0.25) is 0 Å². The van der Waals surface area contributed by atoms with Crippen LogP contribution < -0.4 is 4.74 Å². The van der Waals surface area contributed by atoms with Crippen LogP contribution >= 0.6 is 0 Å². The monoisotopic (exact) mass is 364 g/mol. The van der Waals surface area contributed by atoms with E-state index in [2.05, 4.69) is 0 Å². The third-order valence-corrected chi connectivity index (χ3v) is 3.94. The maximum Gasteiger partial charge on any atom is 0.313 e. The number of hydrogen-bond donors (Lipinski definition) is 0. The fourth-order valence-corrected chi connectivity index (χ4v) is 2.66. The topological polar surface area (TPSA) is 71.1 Å². The Morgan fingerprint density at radius 3 is 2.54 bits per heavy atom. The molecule has 6 heteroatoms. The Morgan fingerprint density at radius 1 is 1.19 bits per heavy atom. The van der Waals surface area contributed by atoms with Crippen LogP contribution in [0.5, 0.6) is 5.75 Å². The summed E-state index contributed by atoms with van der Waals surface area (Å²) in [6, 6.07) is 7.96. The summed E-state index contributed by atoms with van der Waals surface area (Å²) in [6.45, 7) is 6.53. The number of esters is 1. The number of benzene rings is 1. The van der Waals surface area contributed by atoms with Crippen molar-refractivity contribution in [3.63, 3.8) is 0 Å². The molecule has 0 radical (unpaired) electrons. The minimum absolute atomic E-state index is 0.0459. The van der Waals surface area contributed by atoms with E-state index in [1.165, 1.54) is 12.5 Å². The molecule has 0 bridgehead atoms. The van der Waals surface area contributed by atoms with Gasteiger partial charge in [-0.25, -0.2) is 0 Å². The third-order valence-electron chi connectivity index (χ3n) is 3.94. The average Bonchev–Trinajstić information content (AvgIpc) is 2.92. The molecule has 1 aliphatic rings. The Kier molecular flexibility index (Phi) is 7.60. The second-order valence-electron chi connectivity index (χ2n) is 6.96. The summed E-state index contributed by atoms with van der Waals surface area (Å²) in [6.07, 6.45) is 2.40. The highest BCUT2D eigenvalue weighted by Crippen LogP contribution is 2.23. The smallest absolute Gasteiger partial charge is 0.313 e. The van der Waals surface area contributed by atoms with Crippen LogP contribution in [0.15, 0.2) is 24.3 Å². The highest BCUT2D eigenvalue weighted by Gasteiger charge is 2.32. The van der Waals surface area contributed by atoms with Crippen molar-refractivity contribution in [3.05, 3.63) is 29.8 Å². The van der Waals surface area contributed by atoms with E-state index < -0.39 is 11.8 Å². The molecule has 2 rings (SSSR count). The van der Waals surface area contributed by atoms with Gasteiger partial charge in [-0.05, 0) is 57.7 Å². The summed E-state index contributed by atoms with van der Waals surface area (Å²) >= 11 is 0. The van der Waals surface area contributed by atoms with Crippen molar-refractivity contribution in [1.82, 2.24) is 0 Å². The summed E-state index contributed by atoms with van der Waals surface area (Å²) in [4.78, 5) is 22.0. The van der Waals surface area contributed by atoms with Gasteiger partial charge in [-0.2, -0.15) is 0 Å². The Morgan fingerprint density at radius 2 is 1.92 bits per heavy atom. The molecule has 26 heavy (non-hydrogen) atoms. The number of carbonyl (C=O) groups excluding carboxylic acids is 2. The van der Waals surface area contributed by atoms with E-state index in [4.69, 9.17) is 18.9 Å². The minimum atomic E-state index is -0.529. The van der Waals surface area contributed by atoms with Crippen LogP contribution in [-0.2, 0) is 30.2 Å². The highest BCUT2D eigenvalue weighted by molar-refractivity contribution is 5.94. The first kappa shape index (κ1) is 20.4. The van der Waals surface area contributed by atoms with E-state index in [-0.39, 0.29) is 18.3 Å². The lowest BCUT2D eigenvalue weighted by atomic mass is 10.1. The molecule has 1 heterocycles. The Labute approximate surface area is 154 Å². The first-order valence-electron chi connectivity index (χ1n) is 9.02. The number of ketones is 1. The number of hydrogen-bond acceptors (Lipinski definition) is 6. The first-order valence-corrected chi connectivity index (χ1v) is 9.02. The lowest BCUT2D eigenvalue weighted by Gasteiger charge is -2.17.